The third-order valence-corrected chi connectivity index (χ3v) is 4.23. The molecule has 1 atom stereocenters. The summed E-state index contributed by atoms with van der Waals surface area (Å²) in [5, 5.41) is 0. The quantitative estimate of drug-likeness (QED) is 0.548. The van der Waals surface area contributed by atoms with Gasteiger partial charge in [-0.2, -0.15) is 0 Å². The van der Waals surface area contributed by atoms with Gasteiger partial charge in [-0.3, -0.25) is 0 Å². The summed E-state index contributed by atoms with van der Waals surface area (Å²) < 4.78 is 5.45. The predicted octanol–water partition coefficient (Wildman–Crippen LogP) is 5.14. The minimum Gasteiger partial charge on any atom is -0.449 e. The average Bonchev–Trinajstić information content (AvgIpc) is 2.47. The Morgan fingerprint density at radius 1 is 1.05 bits per heavy atom. The topological polar surface area (TPSA) is 29.5 Å². The zero-order valence-electron chi connectivity index (χ0n) is 13.5. The summed E-state index contributed by atoms with van der Waals surface area (Å²) in [6, 6.07) is 0.429. The molecule has 1 heterocycles. The van der Waals surface area contributed by atoms with E-state index in [0.29, 0.717) is 12.6 Å². The van der Waals surface area contributed by atoms with E-state index in [0.717, 1.165) is 32.2 Å². The molecule has 0 bridgehead atoms. The van der Waals surface area contributed by atoms with Crippen LogP contribution in [0, 0.1) is 0 Å². The summed E-state index contributed by atoms with van der Waals surface area (Å²) in [5.41, 5.74) is 0. The minimum atomic E-state index is -0.0669. The summed E-state index contributed by atoms with van der Waals surface area (Å²) in [4.78, 5) is 14.2. The van der Waals surface area contributed by atoms with Crippen molar-refractivity contribution in [3.8, 4) is 0 Å². The van der Waals surface area contributed by atoms with Crippen LogP contribution in [0.5, 0.6) is 0 Å². The third kappa shape index (κ3) is 6.62. The van der Waals surface area contributed by atoms with Crippen molar-refractivity contribution in [1.82, 2.24) is 4.90 Å². The first-order valence-electron chi connectivity index (χ1n) is 8.73. The van der Waals surface area contributed by atoms with Gasteiger partial charge >= 0.3 is 6.09 Å². The van der Waals surface area contributed by atoms with Crippen molar-refractivity contribution in [1.29, 1.82) is 0 Å². The largest absolute Gasteiger partial charge is 0.449 e. The van der Waals surface area contributed by atoms with Crippen molar-refractivity contribution in [3.05, 3.63) is 0 Å². The lowest BCUT2D eigenvalue weighted by Crippen LogP contribution is -2.44. The summed E-state index contributed by atoms with van der Waals surface area (Å²) in [5.74, 6) is 0. The van der Waals surface area contributed by atoms with Gasteiger partial charge in [-0.05, 0) is 32.1 Å². The molecule has 1 fully saturated rings. The van der Waals surface area contributed by atoms with Gasteiger partial charge < -0.3 is 9.64 Å². The molecule has 0 aromatic carbocycles. The lowest BCUT2D eigenvalue weighted by molar-refractivity contribution is 0.0691. The van der Waals surface area contributed by atoms with Crippen LogP contribution >= 0.6 is 0 Å². The Balaban J connectivity index is 2.26. The Kier molecular flexibility index (Phi) is 9.52. The van der Waals surface area contributed by atoms with Crippen molar-refractivity contribution in [2.45, 2.75) is 90.5 Å². The van der Waals surface area contributed by atoms with Gasteiger partial charge in [0.05, 0.1) is 6.61 Å². The van der Waals surface area contributed by atoms with E-state index in [4.69, 9.17) is 4.74 Å². The molecule has 20 heavy (non-hydrogen) atoms. The van der Waals surface area contributed by atoms with E-state index >= 15 is 0 Å². The molecule has 1 aliphatic rings. The first-order valence-corrected chi connectivity index (χ1v) is 8.73. The fraction of sp³-hybridized carbons (Fsp3) is 0.941. The van der Waals surface area contributed by atoms with Crippen LogP contribution in [-0.2, 0) is 4.74 Å². The number of hydrogen-bond donors (Lipinski definition) is 0. The van der Waals surface area contributed by atoms with Gasteiger partial charge in [-0.15, -0.1) is 0 Å². The molecule has 1 aliphatic heterocycles. The van der Waals surface area contributed by atoms with Crippen molar-refractivity contribution in [2.75, 3.05) is 13.2 Å². The Bertz CT molecular complexity index is 255. The second kappa shape index (κ2) is 11.0. The molecule has 0 aromatic heterocycles. The lowest BCUT2D eigenvalue weighted by Gasteiger charge is -2.35. The van der Waals surface area contributed by atoms with E-state index < -0.39 is 0 Å². The molecule has 0 aromatic rings. The summed E-state index contributed by atoms with van der Waals surface area (Å²) in [6.45, 7) is 5.91. The number of unbranched alkanes of at least 4 members (excludes halogenated alkanes) is 5. The van der Waals surface area contributed by atoms with Gasteiger partial charge in [0.25, 0.3) is 0 Å². The van der Waals surface area contributed by atoms with Gasteiger partial charge in [0.15, 0.2) is 0 Å². The van der Waals surface area contributed by atoms with E-state index in [1.54, 1.807) is 0 Å². The molecular weight excluding hydrogens is 250 g/mol. The monoisotopic (exact) mass is 283 g/mol. The standard InChI is InChI=1S/C17H33NO2/c1-3-5-7-11-15-20-17(19)18-14-10-9-13-16(18)12-8-6-4-2/h16H,3-15H2,1-2H3. The molecule has 0 spiro atoms. The minimum absolute atomic E-state index is 0.0669. The van der Waals surface area contributed by atoms with E-state index in [9.17, 15) is 4.79 Å². The Hall–Kier alpha value is -0.730. The fourth-order valence-corrected chi connectivity index (χ4v) is 2.94. The van der Waals surface area contributed by atoms with E-state index in [2.05, 4.69) is 13.8 Å². The van der Waals surface area contributed by atoms with Crippen LogP contribution in [-0.4, -0.2) is 30.2 Å². The molecule has 0 N–H and O–H groups in total. The molecule has 0 saturated carbocycles. The Morgan fingerprint density at radius 2 is 1.80 bits per heavy atom. The summed E-state index contributed by atoms with van der Waals surface area (Å²) >= 11 is 0. The number of rotatable bonds is 9. The molecule has 1 unspecified atom stereocenters. The van der Waals surface area contributed by atoms with Crippen LogP contribution in [0.4, 0.5) is 4.79 Å². The second-order valence-corrected chi connectivity index (χ2v) is 6.01. The molecular formula is C17H33NO2. The normalized spacial score (nSPS) is 19.1. The van der Waals surface area contributed by atoms with Crippen molar-refractivity contribution in [2.24, 2.45) is 0 Å². The second-order valence-electron chi connectivity index (χ2n) is 6.01. The van der Waals surface area contributed by atoms with Crippen LogP contribution in [0.15, 0.2) is 0 Å². The molecule has 0 aliphatic carbocycles. The molecule has 118 valence electrons. The van der Waals surface area contributed by atoms with Gasteiger partial charge in [0.1, 0.15) is 0 Å². The van der Waals surface area contributed by atoms with Crippen LogP contribution in [0.1, 0.15) is 84.5 Å². The van der Waals surface area contributed by atoms with E-state index in [1.807, 2.05) is 4.90 Å². The number of nitrogens with zero attached hydrogens (tertiary/aromatic N) is 1. The van der Waals surface area contributed by atoms with Gasteiger partial charge in [0, 0.05) is 12.6 Å². The van der Waals surface area contributed by atoms with Crippen LogP contribution in [0.3, 0.4) is 0 Å². The van der Waals surface area contributed by atoms with E-state index in [1.165, 1.54) is 44.9 Å². The SMILES string of the molecule is CCCCCCOC(=O)N1CCCCC1CCCCC. The zero-order chi connectivity index (χ0) is 14.6. The number of likely N-dealkylation sites (tertiary alicyclic amines) is 1. The molecule has 1 saturated heterocycles. The predicted molar refractivity (Wildman–Crippen MR) is 84.0 cm³/mol. The molecule has 1 amide bonds. The molecule has 0 radical (unpaired) electrons. The lowest BCUT2D eigenvalue weighted by atomic mass is 9.97. The van der Waals surface area contributed by atoms with Gasteiger partial charge in [-0.25, -0.2) is 4.79 Å². The third-order valence-electron chi connectivity index (χ3n) is 4.23. The Labute approximate surface area is 125 Å². The maximum atomic E-state index is 12.2. The van der Waals surface area contributed by atoms with E-state index in [-0.39, 0.29) is 6.09 Å². The first kappa shape index (κ1) is 17.3. The highest BCUT2D eigenvalue weighted by Crippen LogP contribution is 2.22. The van der Waals surface area contributed by atoms with Crippen LogP contribution < -0.4 is 0 Å². The Morgan fingerprint density at radius 3 is 2.55 bits per heavy atom. The number of amides is 1. The fourth-order valence-electron chi connectivity index (χ4n) is 2.94. The van der Waals surface area contributed by atoms with Crippen molar-refractivity contribution in [3.63, 3.8) is 0 Å². The highest BCUT2D eigenvalue weighted by Gasteiger charge is 2.27. The van der Waals surface area contributed by atoms with Gasteiger partial charge in [-0.1, -0.05) is 52.4 Å². The number of carbonyl (C=O) groups is 1. The van der Waals surface area contributed by atoms with Gasteiger partial charge in [0.2, 0.25) is 0 Å². The maximum Gasteiger partial charge on any atom is 0.410 e. The number of piperidine rings is 1. The number of carbonyl (C=O) groups excluding carboxylic acids is 1. The molecule has 3 nitrogen and oxygen atoms in total. The molecule has 1 rings (SSSR count). The number of hydrogen-bond acceptors (Lipinski definition) is 2. The van der Waals surface area contributed by atoms with Crippen LogP contribution in [0.2, 0.25) is 0 Å². The van der Waals surface area contributed by atoms with Crippen molar-refractivity contribution >= 4 is 6.09 Å². The summed E-state index contributed by atoms with van der Waals surface area (Å²) in [6.07, 6.45) is 13.0. The number of ether oxygens (including phenoxy) is 1. The molecule has 3 heteroatoms. The zero-order valence-corrected chi connectivity index (χ0v) is 13.5. The van der Waals surface area contributed by atoms with Crippen molar-refractivity contribution < 1.29 is 9.53 Å². The smallest absolute Gasteiger partial charge is 0.410 e. The highest BCUT2D eigenvalue weighted by molar-refractivity contribution is 5.68. The maximum absolute atomic E-state index is 12.2. The first-order chi connectivity index (χ1) is 9.79. The highest BCUT2D eigenvalue weighted by atomic mass is 16.6. The summed E-state index contributed by atoms with van der Waals surface area (Å²) in [7, 11) is 0. The average molecular weight is 283 g/mol. The van der Waals surface area contributed by atoms with Crippen LogP contribution in [0.25, 0.3) is 0 Å².